The summed E-state index contributed by atoms with van der Waals surface area (Å²) in [5.41, 5.74) is 0. The third kappa shape index (κ3) is 5.55. The molecule has 1 amide bonds. The number of hydrogen-bond donors (Lipinski definition) is 1. The number of aryl methyl sites for hydroxylation is 1. The van der Waals surface area contributed by atoms with Gasteiger partial charge in [0.1, 0.15) is 6.54 Å². The summed E-state index contributed by atoms with van der Waals surface area (Å²) in [6.07, 6.45) is -0.526. The van der Waals surface area contributed by atoms with E-state index in [-0.39, 0.29) is 0 Å². The number of carbonyl (C=O) groups is 1. The molecule has 1 heterocycles. The lowest BCUT2D eigenvalue weighted by molar-refractivity contribution is -0.139. The quantitative estimate of drug-likeness (QED) is 0.844. The van der Waals surface area contributed by atoms with Crippen molar-refractivity contribution in [1.82, 2.24) is 15.1 Å². The van der Waals surface area contributed by atoms with Crippen molar-refractivity contribution in [2.45, 2.75) is 26.1 Å². The largest absolute Gasteiger partial charge is 0.480 e. The summed E-state index contributed by atoms with van der Waals surface area (Å²) in [7, 11) is 0. The molecule has 102 valence electrons. The Morgan fingerprint density at radius 1 is 1.56 bits per heavy atom. The van der Waals surface area contributed by atoms with E-state index in [0.29, 0.717) is 12.3 Å². The number of halogens is 3. The molecule has 0 atom stereocenters. The lowest BCUT2D eigenvalue weighted by Gasteiger charge is -2.08. The minimum atomic E-state index is -4.42. The van der Waals surface area contributed by atoms with Crippen LogP contribution in [-0.4, -0.2) is 35.0 Å². The zero-order chi connectivity index (χ0) is 13.6. The first-order valence-corrected chi connectivity index (χ1v) is 5.39. The molecule has 1 aromatic heterocycles. The van der Waals surface area contributed by atoms with Crippen LogP contribution in [0.3, 0.4) is 0 Å². The summed E-state index contributed by atoms with van der Waals surface area (Å²) in [4.78, 5) is 11.0. The van der Waals surface area contributed by atoms with Gasteiger partial charge >= 0.3 is 6.18 Å². The lowest BCUT2D eigenvalue weighted by atomic mass is 10.5. The molecule has 1 N–H and O–H groups in total. The molecule has 0 aliphatic rings. The summed E-state index contributed by atoms with van der Waals surface area (Å²) >= 11 is 0. The number of alkyl halides is 3. The van der Waals surface area contributed by atoms with E-state index in [9.17, 15) is 18.0 Å². The van der Waals surface area contributed by atoms with E-state index < -0.39 is 25.2 Å². The molecule has 8 heteroatoms. The standard InChI is InChI=1S/C10H14F3N3O2/c1-2-3-16-5-8(4-15-16)18-6-9(17)14-7-10(11,12)13/h4-5H,2-3,6-7H2,1H3,(H,14,17). The monoisotopic (exact) mass is 265 g/mol. The highest BCUT2D eigenvalue weighted by molar-refractivity contribution is 5.77. The Labute approximate surface area is 102 Å². The smallest absolute Gasteiger partial charge is 0.405 e. The number of aromatic nitrogens is 2. The number of ether oxygens (including phenoxy) is 1. The van der Waals surface area contributed by atoms with E-state index in [0.717, 1.165) is 6.42 Å². The van der Waals surface area contributed by atoms with Crippen LogP contribution in [0.5, 0.6) is 5.75 Å². The van der Waals surface area contributed by atoms with Crippen LogP contribution in [0.15, 0.2) is 12.4 Å². The van der Waals surface area contributed by atoms with Crippen molar-refractivity contribution in [2.24, 2.45) is 0 Å². The molecule has 0 saturated carbocycles. The van der Waals surface area contributed by atoms with Crippen LogP contribution in [-0.2, 0) is 11.3 Å². The number of nitrogens with one attached hydrogen (secondary N) is 1. The molecule has 1 aromatic rings. The summed E-state index contributed by atoms with van der Waals surface area (Å²) in [5, 5.41) is 5.66. The zero-order valence-corrected chi connectivity index (χ0v) is 9.83. The van der Waals surface area contributed by atoms with Crippen molar-refractivity contribution < 1.29 is 22.7 Å². The first-order valence-electron chi connectivity index (χ1n) is 5.39. The Morgan fingerprint density at radius 3 is 2.89 bits per heavy atom. The minimum absolute atomic E-state index is 0.352. The van der Waals surface area contributed by atoms with Crippen molar-refractivity contribution in [3.63, 3.8) is 0 Å². The second-order valence-electron chi connectivity index (χ2n) is 3.62. The number of hydrogen-bond acceptors (Lipinski definition) is 3. The van der Waals surface area contributed by atoms with Gasteiger partial charge < -0.3 is 10.1 Å². The van der Waals surface area contributed by atoms with Crippen molar-refractivity contribution in [3.8, 4) is 5.75 Å². The number of nitrogens with zero attached hydrogens (tertiary/aromatic N) is 2. The lowest BCUT2D eigenvalue weighted by Crippen LogP contribution is -2.36. The van der Waals surface area contributed by atoms with Crippen molar-refractivity contribution >= 4 is 5.91 Å². The van der Waals surface area contributed by atoms with E-state index in [1.807, 2.05) is 6.92 Å². The average molecular weight is 265 g/mol. The molecular formula is C10H14F3N3O2. The van der Waals surface area contributed by atoms with E-state index in [4.69, 9.17) is 4.74 Å². The summed E-state index contributed by atoms with van der Waals surface area (Å²) < 4.78 is 42.0. The van der Waals surface area contributed by atoms with E-state index in [2.05, 4.69) is 5.10 Å². The van der Waals surface area contributed by atoms with Gasteiger partial charge in [-0.25, -0.2) is 0 Å². The van der Waals surface area contributed by atoms with Gasteiger partial charge in [-0.05, 0) is 6.42 Å². The van der Waals surface area contributed by atoms with Crippen LogP contribution < -0.4 is 10.1 Å². The molecule has 1 rings (SSSR count). The molecule has 0 radical (unpaired) electrons. The van der Waals surface area contributed by atoms with Gasteiger partial charge in [0.05, 0.1) is 12.4 Å². The Hall–Kier alpha value is -1.73. The second-order valence-corrected chi connectivity index (χ2v) is 3.62. The van der Waals surface area contributed by atoms with Crippen LogP contribution in [0.25, 0.3) is 0 Å². The summed E-state index contributed by atoms with van der Waals surface area (Å²) in [5.74, 6) is -0.471. The first kappa shape index (κ1) is 14.3. The number of carbonyl (C=O) groups excluding carboxylic acids is 1. The topological polar surface area (TPSA) is 56.1 Å². The summed E-state index contributed by atoms with van der Waals surface area (Å²) in [6.45, 7) is 0.870. The number of rotatable bonds is 6. The van der Waals surface area contributed by atoms with Crippen LogP contribution >= 0.6 is 0 Å². The Balaban J connectivity index is 2.29. The normalized spacial score (nSPS) is 11.3. The zero-order valence-electron chi connectivity index (χ0n) is 9.83. The molecule has 0 bridgehead atoms. The van der Waals surface area contributed by atoms with Gasteiger partial charge in [-0.3, -0.25) is 9.48 Å². The van der Waals surface area contributed by atoms with Crippen molar-refractivity contribution in [2.75, 3.05) is 13.2 Å². The van der Waals surface area contributed by atoms with Crippen LogP contribution in [0.4, 0.5) is 13.2 Å². The van der Waals surface area contributed by atoms with E-state index in [1.165, 1.54) is 6.20 Å². The minimum Gasteiger partial charge on any atom is -0.480 e. The van der Waals surface area contributed by atoms with Crippen LogP contribution in [0.2, 0.25) is 0 Å². The van der Waals surface area contributed by atoms with Gasteiger partial charge in [-0.15, -0.1) is 0 Å². The first-order chi connectivity index (χ1) is 8.40. The molecule has 0 aliphatic heterocycles. The number of amides is 1. The fraction of sp³-hybridized carbons (Fsp3) is 0.600. The van der Waals surface area contributed by atoms with E-state index >= 15 is 0 Å². The molecule has 0 saturated heterocycles. The molecular weight excluding hydrogens is 251 g/mol. The molecule has 0 spiro atoms. The molecule has 5 nitrogen and oxygen atoms in total. The van der Waals surface area contributed by atoms with Crippen molar-refractivity contribution in [1.29, 1.82) is 0 Å². The highest BCUT2D eigenvalue weighted by Gasteiger charge is 2.27. The maximum atomic E-state index is 11.8. The molecule has 18 heavy (non-hydrogen) atoms. The summed E-state index contributed by atoms with van der Waals surface area (Å²) in [6, 6.07) is 0. The predicted molar refractivity (Wildman–Crippen MR) is 57.1 cm³/mol. The Kier molecular flexibility index (Phi) is 4.99. The van der Waals surface area contributed by atoms with E-state index in [1.54, 1.807) is 16.2 Å². The maximum Gasteiger partial charge on any atom is 0.405 e. The van der Waals surface area contributed by atoms with Crippen molar-refractivity contribution in [3.05, 3.63) is 12.4 Å². The molecule has 0 fully saturated rings. The molecule has 0 unspecified atom stereocenters. The van der Waals surface area contributed by atoms with Gasteiger partial charge in [0.15, 0.2) is 12.4 Å². The van der Waals surface area contributed by atoms with Gasteiger partial charge in [0.25, 0.3) is 5.91 Å². The molecule has 0 aliphatic carbocycles. The third-order valence-corrected chi connectivity index (χ3v) is 1.92. The third-order valence-electron chi connectivity index (χ3n) is 1.92. The van der Waals surface area contributed by atoms with Crippen LogP contribution in [0.1, 0.15) is 13.3 Å². The fourth-order valence-electron chi connectivity index (χ4n) is 1.17. The second kappa shape index (κ2) is 6.27. The highest BCUT2D eigenvalue weighted by Crippen LogP contribution is 2.12. The fourth-order valence-corrected chi connectivity index (χ4v) is 1.17. The maximum absolute atomic E-state index is 11.8. The van der Waals surface area contributed by atoms with Gasteiger partial charge in [-0.1, -0.05) is 6.92 Å². The van der Waals surface area contributed by atoms with Crippen LogP contribution in [0, 0.1) is 0 Å². The average Bonchev–Trinajstić information content (AvgIpc) is 2.71. The highest BCUT2D eigenvalue weighted by atomic mass is 19.4. The van der Waals surface area contributed by atoms with Gasteiger partial charge in [-0.2, -0.15) is 18.3 Å². The predicted octanol–water partition coefficient (Wildman–Crippen LogP) is 1.35. The Bertz CT molecular complexity index is 390. The van der Waals surface area contributed by atoms with Gasteiger partial charge in [0.2, 0.25) is 0 Å². The van der Waals surface area contributed by atoms with Gasteiger partial charge in [0, 0.05) is 6.54 Å². The SMILES string of the molecule is CCCn1cc(OCC(=O)NCC(F)(F)F)cn1. The Morgan fingerprint density at radius 2 is 2.28 bits per heavy atom. The molecule has 0 aromatic carbocycles.